The van der Waals surface area contributed by atoms with Gasteiger partial charge in [0.2, 0.25) is 5.91 Å². The van der Waals surface area contributed by atoms with Gasteiger partial charge in [0, 0.05) is 18.9 Å². The molecule has 0 spiro atoms. The molecule has 0 aliphatic heterocycles. The van der Waals surface area contributed by atoms with Gasteiger partial charge in [-0.3, -0.25) is 9.59 Å². The second kappa shape index (κ2) is 7.54. The second-order valence-corrected chi connectivity index (χ2v) is 3.71. The Bertz CT molecular complexity index is 190. The van der Waals surface area contributed by atoms with Crippen LogP contribution in [0, 0.1) is 5.92 Å². The molecule has 0 fully saturated rings. The first-order valence-electron chi connectivity index (χ1n) is 5.35. The highest BCUT2D eigenvalue weighted by molar-refractivity contribution is 5.77. The van der Waals surface area contributed by atoms with Crippen molar-refractivity contribution in [1.29, 1.82) is 0 Å². The molecule has 0 unspecified atom stereocenters. The Morgan fingerprint density at radius 3 is 2.43 bits per heavy atom. The molecule has 1 atom stereocenters. The van der Waals surface area contributed by atoms with Crippen LogP contribution in [0.4, 0.5) is 0 Å². The van der Waals surface area contributed by atoms with Crippen LogP contribution in [0.2, 0.25) is 0 Å². The largest absolute Gasteiger partial charge is 0.356 e. The minimum atomic E-state index is 0.101. The summed E-state index contributed by atoms with van der Waals surface area (Å²) in [6.07, 6.45) is 3.44. The van der Waals surface area contributed by atoms with Gasteiger partial charge in [-0.15, -0.1) is 0 Å². The number of nitrogens with one attached hydrogen (secondary N) is 1. The fourth-order valence-corrected chi connectivity index (χ4v) is 1.13. The van der Waals surface area contributed by atoms with E-state index < -0.39 is 0 Å². The van der Waals surface area contributed by atoms with Crippen LogP contribution in [0.1, 0.15) is 46.5 Å². The molecule has 14 heavy (non-hydrogen) atoms. The molecule has 1 amide bonds. The Balaban J connectivity index is 3.30. The van der Waals surface area contributed by atoms with Crippen LogP contribution in [0.25, 0.3) is 0 Å². The van der Waals surface area contributed by atoms with Crippen LogP contribution in [0.15, 0.2) is 0 Å². The van der Waals surface area contributed by atoms with E-state index in [-0.39, 0.29) is 17.6 Å². The topological polar surface area (TPSA) is 46.2 Å². The summed E-state index contributed by atoms with van der Waals surface area (Å²) >= 11 is 0. The van der Waals surface area contributed by atoms with E-state index in [0.717, 1.165) is 25.8 Å². The Morgan fingerprint density at radius 2 is 1.93 bits per heavy atom. The normalized spacial score (nSPS) is 12.2. The molecule has 0 saturated heterocycles. The molecule has 1 N–H and O–H groups in total. The smallest absolute Gasteiger partial charge is 0.219 e. The van der Waals surface area contributed by atoms with Gasteiger partial charge in [-0.25, -0.2) is 0 Å². The van der Waals surface area contributed by atoms with Crippen molar-refractivity contribution in [3.8, 4) is 0 Å². The van der Waals surface area contributed by atoms with Crippen LogP contribution >= 0.6 is 0 Å². The number of hydrogen-bond acceptors (Lipinski definition) is 2. The number of rotatable bonds is 7. The lowest BCUT2D eigenvalue weighted by molar-refractivity contribution is -0.121. The second-order valence-electron chi connectivity index (χ2n) is 3.71. The third kappa shape index (κ3) is 6.63. The molecular weight excluding hydrogens is 178 g/mol. The average Bonchev–Trinajstić information content (AvgIpc) is 2.16. The van der Waals surface area contributed by atoms with Gasteiger partial charge >= 0.3 is 0 Å². The summed E-state index contributed by atoms with van der Waals surface area (Å²) in [6, 6.07) is 0. The number of hydrogen-bond donors (Lipinski definition) is 1. The van der Waals surface area contributed by atoms with E-state index >= 15 is 0 Å². The van der Waals surface area contributed by atoms with Crippen molar-refractivity contribution in [3.05, 3.63) is 0 Å². The van der Waals surface area contributed by atoms with E-state index in [1.807, 2.05) is 13.8 Å². The molecule has 0 aromatic carbocycles. The summed E-state index contributed by atoms with van der Waals surface area (Å²) in [4.78, 5) is 21.7. The fourth-order valence-electron chi connectivity index (χ4n) is 1.13. The maximum Gasteiger partial charge on any atom is 0.219 e. The Labute approximate surface area is 86.3 Å². The number of ketones is 1. The maximum atomic E-state index is 10.9. The summed E-state index contributed by atoms with van der Waals surface area (Å²) in [6.45, 7) is 6.15. The monoisotopic (exact) mass is 199 g/mol. The number of Topliss-reactive ketones (excluding diaryl/α,β-unsaturated/α-hetero) is 1. The van der Waals surface area contributed by atoms with E-state index in [9.17, 15) is 9.59 Å². The van der Waals surface area contributed by atoms with E-state index in [4.69, 9.17) is 0 Å². The minimum Gasteiger partial charge on any atom is -0.356 e. The standard InChI is InChI=1S/C11H21NO2/c1-4-11(14)12-8-6-5-7-9(2)10(3)13/h9H,4-8H2,1-3H3,(H,12,14)/t9-/m0/s1. The summed E-state index contributed by atoms with van der Waals surface area (Å²) in [5.41, 5.74) is 0. The van der Waals surface area contributed by atoms with Crippen LogP contribution in [-0.4, -0.2) is 18.2 Å². The van der Waals surface area contributed by atoms with E-state index in [1.165, 1.54) is 0 Å². The van der Waals surface area contributed by atoms with Crippen molar-refractivity contribution in [2.24, 2.45) is 5.92 Å². The molecule has 0 aromatic rings. The van der Waals surface area contributed by atoms with Gasteiger partial charge in [0.25, 0.3) is 0 Å². The highest BCUT2D eigenvalue weighted by Gasteiger charge is 2.06. The van der Waals surface area contributed by atoms with Gasteiger partial charge < -0.3 is 5.32 Å². The lowest BCUT2D eigenvalue weighted by Crippen LogP contribution is -2.23. The molecule has 0 bridgehead atoms. The molecule has 0 aromatic heterocycles. The third-order valence-corrected chi connectivity index (χ3v) is 2.40. The van der Waals surface area contributed by atoms with Gasteiger partial charge in [0.15, 0.2) is 0 Å². The number of amides is 1. The first-order valence-corrected chi connectivity index (χ1v) is 5.35. The highest BCUT2D eigenvalue weighted by atomic mass is 16.1. The predicted octanol–water partition coefficient (Wildman–Crippen LogP) is 1.91. The van der Waals surface area contributed by atoms with Crippen molar-refractivity contribution in [2.75, 3.05) is 6.54 Å². The molecule has 0 heterocycles. The molecule has 0 aliphatic carbocycles. The molecule has 0 aliphatic rings. The highest BCUT2D eigenvalue weighted by Crippen LogP contribution is 2.07. The average molecular weight is 199 g/mol. The molecular formula is C11H21NO2. The maximum absolute atomic E-state index is 10.9. The third-order valence-electron chi connectivity index (χ3n) is 2.40. The van der Waals surface area contributed by atoms with E-state index in [2.05, 4.69) is 5.32 Å². The predicted molar refractivity (Wildman–Crippen MR) is 57.0 cm³/mol. The summed E-state index contributed by atoms with van der Waals surface area (Å²) in [5, 5.41) is 2.81. The van der Waals surface area contributed by atoms with Crippen LogP contribution in [-0.2, 0) is 9.59 Å². The minimum absolute atomic E-state index is 0.101. The molecule has 0 radical (unpaired) electrons. The Kier molecular flexibility index (Phi) is 7.07. The Morgan fingerprint density at radius 1 is 1.29 bits per heavy atom. The van der Waals surface area contributed by atoms with Crippen LogP contribution < -0.4 is 5.32 Å². The number of unbranched alkanes of at least 4 members (excludes halogenated alkanes) is 1. The molecule has 82 valence electrons. The molecule has 0 rings (SSSR count). The summed E-state index contributed by atoms with van der Waals surface area (Å²) < 4.78 is 0. The first-order chi connectivity index (χ1) is 6.57. The molecule has 3 heteroatoms. The van der Waals surface area contributed by atoms with Gasteiger partial charge in [0.1, 0.15) is 5.78 Å². The van der Waals surface area contributed by atoms with Crippen molar-refractivity contribution in [1.82, 2.24) is 5.32 Å². The SMILES string of the molecule is CCC(=O)NCCCC[C@H](C)C(C)=O. The Hall–Kier alpha value is -0.860. The number of carbonyl (C=O) groups is 2. The van der Waals surface area contributed by atoms with Crippen molar-refractivity contribution >= 4 is 11.7 Å². The molecule has 3 nitrogen and oxygen atoms in total. The van der Waals surface area contributed by atoms with Crippen molar-refractivity contribution in [3.63, 3.8) is 0 Å². The quantitative estimate of drug-likeness (QED) is 0.637. The van der Waals surface area contributed by atoms with E-state index in [0.29, 0.717) is 6.42 Å². The van der Waals surface area contributed by atoms with Gasteiger partial charge in [-0.1, -0.05) is 20.3 Å². The van der Waals surface area contributed by atoms with Crippen LogP contribution in [0.3, 0.4) is 0 Å². The van der Waals surface area contributed by atoms with Gasteiger partial charge in [-0.05, 0) is 19.8 Å². The zero-order valence-corrected chi connectivity index (χ0v) is 9.43. The molecule has 0 saturated carbocycles. The summed E-state index contributed by atoms with van der Waals surface area (Å²) in [5.74, 6) is 0.518. The number of carbonyl (C=O) groups excluding carboxylic acids is 2. The van der Waals surface area contributed by atoms with Gasteiger partial charge in [0.05, 0.1) is 0 Å². The lowest BCUT2D eigenvalue weighted by atomic mass is 10.0. The lowest BCUT2D eigenvalue weighted by Gasteiger charge is -2.07. The van der Waals surface area contributed by atoms with Crippen molar-refractivity contribution in [2.45, 2.75) is 46.5 Å². The first kappa shape index (κ1) is 13.1. The van der Waals surface area contributed by atoms with Gasteiger partial charge in [-0.2, -0.15) is 0 Å². The van der Waals surface area contributed by atoms with Crippen LogP contribution in [0.5, 0.6) is 0 Å². The van der Waals surface area contributed by atoms with Crippen molar-refractivity contribution < 1.29 is 9.59 Å². The van der Waals surface area contributed by atoms with E-state index in [1.54, 1.807) is 6.92 Å². The zero-order valence-electron chi connectivity index (χ0n) is 9.43. The fraction of sp³-hybridized carbons (Fsp3) is 0.818. The summed E-state index contributed by atoms with van der Waals surface area (Å²) in [7, 11) is 0. The zero-order chi connectivity index (χ0) is 11.0.